The van der Waals surface area contributed by atoms with Crippen LogP contribution in [0.15, 0.2) is 42.5 Å². The zero-order valence-corrected chi connectivity index (χ0v) is 18.7. The number of fused-ring (bicyclic) bond motifs is 2. The molecule has 0 saturated carbocycles. The number of H-pyrrole nitrogens is 1. The number of aromatic nitrogens is 3. The normalized spacial score (nSPS) is 23.7. The molecule has 2 aromatic heterocycles. The minimum atomic E-state index is -1.04. The van der Waals surface area contributed by atoms with E-state index in [9.17, 15) is 19.0 Å². The van der Waals surface area contributed by atoms with Gasteiger partial charge >= 0.3 is 0 Å². The predicted molar refractivity (Wildman–Crippen MR) is 121 cm³/mol. The first-order valence-electron chi connectivity index (χ1n) is 10.8. The number of nitrogens with zero attached hydrogens (tertiary/aromatic N) is 2. The Morgan fingerprint density at radius 3 is 2.54 bits per heavy atom. The first-order chi connectivity index (χ1) is 16.9. The number of benzene rings is 2. The number of imidazole rings is 1. The molecule has 2 saturated heterocycles. The van der Waals surface area contributed by atoms with Gasteiger partial charge in [0.25, 0.3) is 6.01 Å². The number of aliphatic hydroxyl groups is 1. The molecule has 2 fully saturated rings. The molecule has 3 N–H and O–H groups in total. The van der Waals surface area contributed by atoms with Gasteiger partial charge in [-0.15, -0.1) is 0 Å². The molecule has 2 aromatic carbocycles. The third kappa shape index (κ3) is 3.88. The molecule has 0 radical (unpaired) electrons. The molecule has 4 unspecified atom stereocenters. The van der Waals surface area contributed by atoms with E-state index in [-0.39, 0.29) is 30.9 Å². The Morgan fingerprint density at radius 1 is 1.00 bits per heavy atom. The maximum Gasteiger partial charge on any atom is 0.296 e. The van der Waals surface area contributed by atoms with Gasteiger partial charge in [0.1, 0.15) is 24.1 Å². The van der Waals surface area contributed by atoms with Crippen LogP contribution in [-0.2, 0) is 9.47 Å². The highest BCUT2D eigenvalue weighted by Gasteiger charge is 2.48. The maximum atomic E-state index is 13.7. The van der Waals surface area contributed by atoms with Crippen LogP contribution in [-0.4, -0.2) is 62.8 Å². The molecule has 6 rings (SSSR count). The lowest BCUT2D eigenvalue weighted by Crippen LogP contribution is -2.34. The Bertz CT molecular complexity index is 1430. The lowest BCUT2D eigenvalue weighted by atomic mass is 10.0. The van der Waals surface area contributed by atoms with Crippen LogP contribution in [0.3, 0.4) is 0 Å². The minimum Gasteiger partial charge on any atom is -0.504 e. The van der Waals surface area contributed by atoms with Crippen LogP contribution in [0.4, 0.5) is 8.78 Å². The van der Waals surface area contributed by atoms with Crippen molar-refractivity contribution >= 4 is 22.8 Å². The molecule has 2 aliphatic rings. The molecule has 8 nitrogen and oxygen atoms in total. The number of phenols is 1. The smallest absolute Gasteiger partial charge is 0.296 e. The third-order valence-electron chi connectivity index (χ3n) is 6.15. The third-order valence-corrected chi connectivity index (χ3v) is 6.44. The Balaban J connectivity index is 1.27. The number of aromatic hydroxyl groups is 1. The van der Waals surface area contributed by atoms with E-state index in [1.807, 2.05) is 0 Å². The van der Waals surface area contributed by atoms with Crippen LogP contribution in [0, 0.1) is 11.6 Å². The zero-order chi connectivity index (χ0) is 24.3. The van der Waals surface area contributed by atoms with Crippen LogP contribution in [0.2, 0.25) is 5.02 Å². The van der Waals surface area contributed by atoms with Gasteiger partial charge in [-0.1, -0.05) is 35.9 Å². The van der Waals surface area contributed by atoms with Crippen molar-refractivity contribution in [3.05, 3.63) is 59.1 Å². The Labute approximate surface area is 202 Å². The molecule has 0 amide bonds. The van der Waals surface area contributed by atoms with Crippen molar-refractivity contribution in [3.63, 3.8) is 0 Å². The quantitative estimate of drug-likeness (QED) is 0.390. The lowest BCUT2D eigenvalue weighted by Gasteiger charge is -2.15. The van der Waals surface area contributed by atoms with Gasteiger partial charge < -0.3 is 29.4 Å². The summed E-state index contributed by atoms with van der Waals surface area (Å²) in [6, 6.07) is 10.2. The van der Waals surface area contributed by atoms with Gasteiger partial charge in [0.15, 0.2) is 23.3 Å². The van der Waals surface area contributed by atoms with Crippen molar-refractivity contribution in [2.45, 2.75) is 24.4 Å². The summed E-state index contributed by atoms with van der Waals surface area (Å²) in [6.07, 6.45) is -1.90. The summed E-state index contributed by atoms with van der Waals surface area (Å²) in [5.74, 6) is -2.45. The highest BCUT2D eigenvalue weighted by atomic mass is 35.5. The van der Waals surface area contributed by atoms with Crippen molar-refractivity contribution in [2.24, 2.45) is 0 Å². The van der Waals surface area contributed by atoms with Crippen molar-refractivity contribution in [3.8, 4) is 34.1 Å². The summed E-state index contributed by atoms with van der Waals surface area (Å²) in [6.45, 7) is 0.461. The standard InChI is InChI=1S/C24H18ClF2N3O5/c25-14-7-16-23(30-24(28-16)35-18-9-34-21-17(31)8-33-22(18)21)29-19(14)11-3-1-10(2-4-11)13-5-12(26)6-15(27)20(13)32/h1-7,17-18,21-22,31-32H,8-9H2,(H,28,29,30). The molecule has 0 bridgehead atoms. The van der Waals surface area contributed by atoms with Gasteiger partial charge in [-0.3, -0.25) is 0 Å². The number of nitrogens with one attached hydrogen (secondary N) is 1. The van der Waals surface area contributed by atoms with Crippen molar-refractivity contribution in [1.82, 2.24) is 15.0 Å². The minimum absolute atomic E-state index is 0.0366. The molecule has 2 aliphatic heterocycles. The van der Waals surface area contributed by atoms with E-state index in [0.717, 1.165) is 6.07 Å². The molecule has 0 aliphatic carbocycles. The Kier molecular flexibility index (Phi) is 5.33. The number of aliphatic hydroxyl groups excluding tert-OH is 1. The zero-order valence-electron chi connectivity index (χ0n) is 17.9. The number of rotatable bonds is 4. The fourth-order valence-corrected chi connectivity index (χ4v) is 4.70. The topological polar surface area (TPSA) is 110 Å². The molecule has 0 spiro atoms. The number of aromatic amines is 1. The number of pyridine rings is 1. The molecule has 4 atom stereocenters. The monoisotopic (exact) mass is 501 g/mol. The van der Waals surface area contributed by atoms with E-state index in [4.69, 9.17) is 25.8 Å². The number of hydrogen-bond acceptors (Lipinski definition) is 7. The van der Waals surface area contributed by atoms with E-state index in [2.05, 4.69) is 15.0 Å². The molecule has 4 aromatic rings. The first kappa shape index (κ1) is 22.2. The van der Waals surface area contributed by atoms with Crippen molar-refractivity contribution < 1.29 is 33.2 Å². The van der Waals surface area contributed by atoms with Gasteiger partial charge in [-0.05, 0) is 17.7 Å². The fourth-order valence-electron chi connectivity index (χ4n) is 4.44. The second-order valence-corrected chi connectivity index (χ2v) is 8.82. The maximum absolute atomic E-state index is 13.7. The first-order valence-corrected chi connectivity index (χ1v) is 11.2. The van der Waals surface area contributed by atoms with Crippen molar-refractivity contribution in [2.75, 3.05) is 13.2 Å². The highest BCUT2D eigenvalue weighted by Crippen LogP contribution is 2.35. The van der Waals surface area contributed by atoms with Gasteiger partial charge in [0.05, 0.1) is 29.4 Å². The summed E-state index contributed by atoms with van der Waals surface area (Å²) < 4.78 is 44.4. The highest BCUT2D eigenvalue weighted by molar-refractivity contribution is 6.33. The molecule has 35 heavy (non-hydrogen) atoms. The lowest BCUT2D eigenvalue weighted by molar-refractivity contribution is 0.00706. The average molecular weight is 502 g/mol. The number of ether oxygens (including phenoxy) is 3. The van der Waals surface area contributed by atoms with Gasteiger partial charge in [-0.2, -0.15) is 4.98 Å². The molecule has 11 heteroatoms. The van der Waals surface area contributed by atoms with Crippen molar-refractivity contribution in [1.29, 1.82) is 0 Å². The average Bonchev–Trinajstić information content (AvgIpc) is 3.52. The largest absolute Gasteiger partial charge is 0.504 e. The summed E-state index contributed by atoms with van der Waals surface area (Å²) in [4.78, 5) is 12.0. The van der Waals surface area contributed by atoms with E-state index < -0.39 is 35.7 Å². The van der Waals surface area contributed by atoms with E-state index in [1.165, 1.54) is 0 Å². The van der Waals surface area contributed by atoms with E-state index >= 15 is 0 Å². The van der Waals surface area contributed by atoms with Crippen LogP contribution in [0.25, 0.3) is 33.5 Å². The van der Waals surface area contributed by atoms with E-state index in [1.54, 1.807) is 30.3 Å². The second kappa shape index (κ2) is 8.42. The summed E-state index contributed by atoms with van der Waals surface area (Å²) in [5.41, 5.74) is 2.49. The van der Waals surface area contributed by atoms with Crippen LogP contribution in [0.5, 0.6) is 11.8 Å². The van der Waals surface area contributed by atoms with E-state index in [0.29, 0.717) is 39.1 Å². The van der Waals surface area contributed by atoms with Gasteiger partial charge in [0.2, 0.25) is 0 Å². The Hall–Kier alpha value is -3.31. The SMILES string of the molecule is Oc1c(F)cc(F)cc1-c1ccc(-c2nc3nc(OC4COC5C(O)COC45)[nH]c3cc2Cl)cc1. The van der Waals surface area contributed by atoms with Gasteiger partial charge in [-0.25, -0.2) is 13.8 Å². The van der Waals surface area contributed by atoms with Crippen LogP contribution < -0.4 is 4.74 Å². The summed E-state index contributed by atoms with van der Waals surface area (Å²) in [7, 11) is 0. The predicted octanol–water partition coefficient (Wildman–Crippen LogP) is 3.84. The second-order valence-electron chi connectivity index (χ2n) is 8.41. The fraction of sp³-hybridized carbons (Fsp3) is 0.250. The number of halogens is 3. The summed E-state index contributed by atoms with van der Waals surface area (Å²) >= 11 is 6.47. The molecule has 4 heterocycles. The summed E-state index contributed by atoms with van der Waals surface area (Å²) in [5, 5.41) is 20.2. The van der Waals surface area contributed by atoms with Gasteiger partial charge in [0, 0.05) is 17.2 Å². The van der Waals surface area contributed by atoms with Crippen LogP contribution >= 0.6 is 11.6 Å². The van der Waals surface area contributed by atoms with Crippen LogP contribution in [0.1, 0.15) is 0 Å². The molecule has 180 valence electrons. The Morgan fingerprint density at radius 2 is 1.74 bits per heavy atom. The molecular formula is C24H18ClF2N3O5. The number of hydrogen-bond donors (Lipinski definition) is 3. The number of phenolic OH excluding ortho intramolecular Hbond substituents is 1. The molecular weight excluding hydrogens is 484 g/mol.